The van der Waals surface area contributed by atoms with Gasteiger partial charge < -0.3 is 19.2 Å². The number of carbonyl (C=O) groups is 1. The van der Waals surface area contributed by atoms with E-state index in [0.29, 0.717) is 16.3 Å². The minimum absolute atomic E-state index is 0.145. The van der Waals surface area contributed by atoms with Gasteiger partial charge in [0.15, 0.2) is 0 Å². The van der Waals surface area contributed by atoms with Gasteiger partial charge in [-0.3, -0.25) is 4.79 Å². The van der Waals surface area contributed by atoms with Crippen LogP contribution in [0.4, 0.5) is 0 Å². The third-order valence-corrected chi connectivity index (χ3v) is 4.82. The highest BCUT2D eigenvalue weighted by molar-refractivity contribution is 6.48. The number of methoxy groups -OCH3 is 1. The highest BCUT2D eigenvalue weighted by Gasteiger charge is 2.54. The number of carboxylic acids is 1. The van der Waals surface area contributed by atoms with Crippen molar-refractivity contribution in [3.05, 3.63) is 28.8 Å². The van der Waals surface area contributed by atoms with E-state index in [4.69, 9.17) is 25.6 Å². The zero-order valence-corrected chi connectivity index (χ0v) is 14.8. The molecule has 1 unspecified atom stereocenters. The Morgan fingerprint density at radius 1 is 1.30 bits per heavy atom. The first-order valence-corrected chi connectivity index (χ1v) is 7.86. The molecular formula is C16H22BClO5. The summed E-state index contributed by atoms with van der Waals surface area (Å²) in [5.74, 6) is -0.899. The highest BCUT2D eigenvalue weighted by Crippen LogP contribution is 2.43. The molecule has 5 nitrogen and oxygen atoms in total. The molecule has 23 heavy (non-hydrogen) atoms. The van der Waals surface area contributed by atoms with Crippen molar-refractivity contribution in [1.29, 1.82) is 0 Å². The van der Waals surface area contributed by atoms with Crippen LogP contribution in [0.1, 0.15) is 45.5 Å². The number of benzene rings is 1. The quantitative estimate of drug-likeness (QED) is 0.831. The Hall–Kier alpha value is -1.24. The van der Waals surface area contributed by atoms with E-state index < -0.39 is 30.1 Å². The van der Waals surface area contributed by atoms with Gasteiger partial charge in [-0.05, 0) is 51.5 Å². The number of hydrogen-bond donors (Lipinski definition) is 1. The summed E-state index contributed by atoms with van der Waals surface area (Å²) in [6, 6.07) is 5.13. The Kier molecular flexibility index (Phi) is 4.99. The molecule has 0 spiro atoms. The van der Waals surface area contributed by atoms with Crippen LogP contribution in [0.15, 0.2) is 18.2 Å². The summed E-state index contributed by atoms with van der Waals surface area (Å²) in [5, 5.41) is 9.82. The van der Waals surface area contributed by atoms with Gasteiger partial charge in [-0.1, -0.05) is 11.6 Å². The largest absolute Gasteiger partial charge is 0.496 e. The molecule has 1 aliphatic rings. The molecule has 1 N–H and O–H groups in total. The van der Waals surface area contributed by atoms with Crippen molar-refractivity contribution in [2.75, 3.05) is 7.11 Å². The average molecular weight is 341 g/mol. The minimum Gasteiger partial charge on any atom is -0.496 e. The van der Waals surface area contributed by atoms with Crippen LogP contribution in [0.25, 0.3) is 0 Å². The molecule has 1 heterocycles. The van der Waals surface area contributed by atoms with E-state index in [2.05, 4.69) is 0 Å². The fourth-order valence-electron chi connectivity index (χ4n) is 2.59. The van der Waals surface area contributed by atoms with Gasteiger partial charge in [0.05, 0.1) is 24.7 Å². The van der Waals surface area contributed by atoms with Gasteiger partial charge in [0.1, 0.15) is 5.75 Å². The predicted octanol–water partition coefficient (Wildman–Crippen LogP) is 3.54. The normalized spacial score (nSPS) is 20.3. The lowest BCUT2D eigenvalue weighted by atomic mass is 9.66. The molecule has 1 saturated heterocycles. The van der Waals surface area contributed by atoms with Crippen LogP contribution in [-0.2, 0) is 14.1 Å². The molecule has 0 radical (unpaired) electrons. The SMILES string of the molecule is COc1ccc(Cl)cc1C(CC(=O)O)B1OC(C)(C)C(C)(C)O1. The van der Waals surface area contributed by atoms with Crippen molar-refractivity contribution < 1.29 is 23.9 Å². The predicted molar refractivity (Wildman–Crippen MR) is 89.1 cm³/mol. The molecular weight excluding hydrogens is 318 g/mol. The fourth-order valence-corrected chi connectivity index (χ4v) is 2.77. The van der Waals surface area contributed by atoms with Crippen LogP contribution in [0.5, 0.6) is 5.75 Å². The number of carboxylic acid groups (broad SMARTS) is 1. The Balaban J connectivity index is 2.43. The first-order valence-electron chi connectivity index (χ1n) is 7.48. The van der Waals surface area contributed by atoms with Crippen molar-refractivity contribution in [2.24, 2.45) is 0 Å². The van der Waals surface area contributed by atoms with Gasteiger partial charge in [-0.15, -0.1) is 0 Å². The van der Waals surface area contributed by atoms with E-state index in [-0.39, 0.29) is 6.42 Å². The Labute approximate surface area is 142 Å². The second kappa shape index (κ2) is 6.34. The summed E-state index contributed by atoms with van der Waals surface area (Å²) in [7, 11) is 0.845. The molecule has 1 aromatic carbocycles. The summed E-state index contributed by atoms with van der Waals surface area (Å²) < 4.78 is 17.4. The van der Waals surface area contributed by atoms with E-state index in [1.807, 2.05) is 27.7 Å². The summed E-state index contributed by atoms with van der Waals surface area (Å²) in [5.41, 5.74) is -0.415. The van der Waals surface area contributed by atoms with Crippen molar-refractivity contribution in [3.8, 4) is 5.75 Å². The zero-order chi connectivity index (χ0) is 17.4. The lowest BCUT2D eigenvalue weighted by Gasteiger charge is -2.32. The molecule has 1 atom stereocenters. The molecule has 0 bridgehead atoms. The van der Waals surface area contributed by atoms with Crippen molar-refractivity contribution in [1.82, 2.24) is 0 Å². The maximum absolute atomic E-state index is 11.4. The second-order valence-electron chi connectivity index (χ2n) is 6.72. The third-order valence-electron chi connectivity index (χ3n) is 4.59. The fraction of sp³-hybridized carbons (Fsp3) is 0.562. The van der Waals surface area contributed by atoms with E-state index in [0.717, 1.165) is 0 Å². The van der Waals surface area contributed by atoms with Crippen LogP contribution in [0.2, 0.25) is 5.02 Å². The number of aliphatic carboxylic acids is 1. The maximum Gasteiger partial charge on any atom is 0.466 e. The molecule has 1 fully saturated rings. The first-order chi connectivity index (χ1) is 10.6. The monoisotopic (exact) mass is 340 g/mol. The van der Waals surface area contributed by atoms with E-state index >= 15 is 0 Å². The first kappa shape index (κ1) is 18.1. The van der Waals surface area contributed by atoms with Gasteiger partial charge in [-0.2, -0.15) is 0 Å². The number of hydrogen-bond acceptors (Lipinski definition) is 4. The van der Waals surface area contributed by atoms with Crippen molar-refractivity contribution in [2.45, 2.75) is 51.1 Å². The highest BCUT2D eigenvalue weighted by atomic mass is 35.5. The molecule has 0 aliphatic carbocycles. The van der Waals surface area contributed by atoms with Gasteiger partial charge in [0.25, 0.3) is 0 Å². The van der Waals surface area contributed by atoms with Crippen molar-refractivity contribution >= 4 is 24.7 Å². The summed E-state index contributed by atoms with van der Waals surface area (Å²) in [6.45, 7) is 7.72. The molecule has 1 aromatic rings. The molecule has 0 aromatic heterocycles. The van der Waals surface area contributed by atoms with Gasteiger partial charge >= 0.3 is 13.1 Å². The zero-order valence-electron chi connectivity index (χ0n) is 14.1. The summed E-state index contributed by atoms with van der Waals surface area (Å²) in [4.78, 5) is 11.4. The Morgan fingerprint density at radius 2 is 1.87 bits per heavy atom. The third kappa shape index (κ3) is 3.65. The van der Waals surface area contributed by atoms with Crippen LogP contribution >= 0.6 is 11.6 Å². The van der Waals surface area contributed by atoms with Gasteiger partial charge in [0, 0.05) is 10.8 Å². The Morgan fingerprint density at radius 3 is 2.35 bits per heavy atom. The molecule has 0 saturated carbocycles. The standard InChI is InChI=1S/C16H22BClO5/c1-15(2)16(3,4)23-17(22-15)12(9-14(19)20)11-8-10(18)6-7-13(11)21-5/h6-8,12H,9H2,1-5H3,(H,19,20). The minimum atomic E-state index is -0.938. The topological polar surface area (TPSA) is 65.0 Å². The van der Waals surface area contributed by atoms with E-state index in [9.17, 15) is 9.90 Å². The smallest absolute Gasteiger partial charge is 0.466 e. The van der Waals surface area contributed by atoms with Gasteiger partial charge in [0.2, 0.25) is 0 Å². The molecule has 126 valence electrons. The second-order valence-corrected chi connectivity index (χ2v) is 7.15. The van der Waals surface area contributed by atoms with Crippen LogP contribution < -0.4 is 4.74 Å². The molecule has 2 rings (SSSR count). The number of rotatable bonds is 5. The van der Waals surface area contributed by atoms with Crippen LogP contribution in [-0.4, -0.2) is 36.5 Å². The van der Waals surface area contributed by atoms with Gasteiger partial charge in [-0.25, -0.2) is 0 Å². The van der Waals surface area contributed by atoms with Crippen molar-refractivity contribution in [3.63, 3.8) is 0 Å². The summed E-state index contributed by atoms with van der Waals surface area (Å²) in [6.07, 6.45) is -0.145. The van der Waals surface area contributed by atoms with Crippen LogP contribution in [0.3, 0.4) is 0 Å². The molecule has 1 aliphatic heterocycles. The molecule has 7 heteroatoms. The average Bonchev–Trinajstić information content (AvgIpc) is 2.64. The number of ether oxygens (including phenoxy) is 1. The summed E-state index contributed by atoms with van der Waals surface area (Å²) >= 11 is 6.09. The number of halogens is 1. The van der Waals surface area contributed by atoms with E-state index in [1.165, 1.54) is 7.11 Å². The Bertz CT molecular complexity index is 586. The maximum atomic E-state index is 11.4. The van der Waals surface area contributed by atoms with E-state index in [1.54, 1.807) is 18.2 Å². The molecule has 0 amide bonds. The lowest BCUT2D eigenvalue weighted by molar-refractivity contribution is -0.137. The lowest BCUT2D eigenvalue weighted by Crippen LogP contribution is -2.41. The van der Waals surface area contributed by atoms with Crippen LogP contribution in [0, 0.1) is 0 Å².